The molecule has 3 rings (SSSR count). The zero-order valence-corrected chi connectivity index (χ0v) is 15.7. The number of halogens is 2. The highest BCUT2D eigenvalue weighted by Crippen LogP contribution is 2.27. The van der Waals surface area contributed by atoms with Crippen molar-refractivity contribution in [1.29, 1.82) is 0 Å². The van der Waals surface area contributed by atoms with Crippen molar-refractivity contribution in [2.45, 2.75) is 25.9 Å². The van der Waals surface area contributed by atoms with Gasteiger partial charge in [-0.05, 0) is 19.9 Å². The van der Waals surface area contributed by atoms with E-state index in [2.05, 4.69) is 25.7 Å². The third-order valence-electron chi connectivity index (χ3n) is 3.91. The van der Waals surface area contributed by atoms with Crippen molar-refractivity contribution in [3.63, 3.8) is 0 Å². The van der Waals surface area contributed by atoms with Gasteiger partial charge in [0.2, 0.25) is 5.95 Å². The molecule has 1 atom stereocenters. The quantitative estimate of drug-likeness (QED) is 0.566. The van der Waals surface area contributed by atoms with Gasteiger partial charge in [-0.25, -0.2) is 9.37 Å². The average molecular weight is 391 g/mol. The van der Waals surface area contributed by atoms with Gasteiger partial charge in [-0.3, -0.25) is 4.68 Å². The standard InChI is InChI=1S/C18H20ClFN6O/c1-11(2)26-9-12(7-22-26)23-18-21-8-14(19)17(25-18)24-16(10-27)13-5-3-4-6-15(13)20/h3-9,11,16,27H,10H2,1-2H3,(H2,21,23,24,25). The zero-order chi connectivity index (χ0) is 19.4. The normalized spacial score (nSPS) is 12.2. The molecule has 0 amide bonds. The molecule has 27 heavy (non-hydrogen) atoms. The molecule has 142 valence electrons. The molecule has 0 saturated carbocycles. The van der Waals surface area contributed by atoms with Crippen LogP contribution in [-0.2, 0) is 0 Å². The Morgan fingerprint density at radius 3 is 2.70 bits per heavy atom. The van der Waals surface area contributed by atoms with Gasteiger partial charge < -0.3 is 15.7 Å². The maximum atomic E-state index is 14.0. The summed E-state index contributed by atoms with van der Waals surface area (Å²) in [4.78, 5) is 8.47. The van der Waals surface area contributed by atoms with Gasteiger partial charge in [0.15, 0.2) is 5.82 Å². The highest BCUT2D eigenvalue weighted by Gasteiger charge is 2.17. The fourth-order valence-electron chi connectivity index (χ4n) is 2.49. The third-order valence-corrected chi connectivity index (χ3v) is 4.18. The maximum Gasteiger partial charge on any atom is 0.229 e. The topological polar surface area (TPSA) is 87.9 Å². The summed E-state index contributed by atoms with van der Waals surface area (Å²) in [6, 6.07) is 5.75. The van der Waals surface area contributed by atoms with E-state index in [1.54, 1.807) is 29.1 Å². The van der Waals surface area contributed by atoms with E-state index < -0.39 is 11.9 Å². The van der Waals surface area contributed by atoms with Crippen molar-refractivity contribution in [2.75, 3.05) is 17.2 Å². The van der Waals surface area contributed by atoms with Crippen LogP contribution in [0.3, 0.4) is 0 Å². The van der Waals surface area contributed by atoms with Crippen LogP contribution in [0.4, 0.5) is 21.8 Å². The molecule has 0 aliphatic carbocycles. The lowest BCUT2D eigenvalue weighted by Crippen LogP contribution is -2.17. The minimum absolute atomic E-state index is 0.231. The number of nitrogens with zero attached hydrogens (tertiary/aromatic N) is 4. The molecule has 0 radical (unpaired) electrons. The van der Waals surface area contributed by atoms with E-state index >= 15 is 0 Å². The molecular formula is C18H20ClFN6O. The molecule has 1 unspecified atom stereocenters. The Bertz CT molecular complexity index is 916. The first-order chi connectivity index (χ1) is 13.0. The molecular weight excluding hydrogens is 371 g/mol. The summed E-state index contributed by atoms with van der Waals surface area (Å²) in [5, 5.41) is 20.2. The number of anilines is 3. The van der Waals surface area contributed by atoms with Gasteiger partial charge in [0.1, 0.15) is 10.8 Å². The number of rotatable bonds is 7. The van der Waals surface area contributed by atoms with Crippen LogP contribution in [0.25, 0.3) is 0 Å². The maximum absolute atomic E-state index is 14.0. The number of nitrogens with one attached hydrogen (secondary N) is 2. The van der Waals surface area contributed by atoms with E-state index in [0.717, 1.165) is 5.69 Å². The Hall–Kier alpha value is -2.71. The molecule has 0 spiro atoms. The Morgan fingerprint density at radius 2 is 2.04 bits per heavy atom. The molecule has 3 aromatic rings. The Morgan fingerprint density at radius 1 is 1.26 bits per heavy atom. The number of benzene rings is 1. The minimum atomic E-state index is -0.699. The molecule has 3 N–H and O–H groups in total. The summed E-state index contributed by atoms with van der Waals surface area (Å²) in [5.41, 5.74) is 1.05. The summed E-state index contributed by atoms with van der Waals surface area (Å²) in [7, 11) is 0. The van der Waals surface area contributed by atoms with Crippen LogP contribution >= 0.6 is 11.6 Å². The van der Waals surface area contributed by atoms with Crippen molar-refractivity contribution in [1.82, 2.24) is 19.7 Å². The lowest BCUT2D eigenvalue weighted by Gasteiger charge is -2.19. The highest BCUT2D eigenvalue weighted by atomic mass is 35.5. The fourth-order valence-corrected chi connectivity index (χ4v) is 2.63. The molecule has 0 aliphatic heterocycles. The van der Waals surface area contributed by atoms with Gasteiger partial charge in [0.25, 0.3) is 0 Å². The third kappa shape index (κ3) is 4.53. The molecule has 2 heterocycles. The van der Waals surface area contributed by atoms with Crippen molar-refractivity contribution in [3.8, 4) is 0 Å². The van der Waals surface area contributed by atoms with Gasteiger partial charge >= 0.3 is 0 Å². The Labute approximate surface area is 161 Å². The van der Waals surface area contributed by atoms with E-state index in [1.807, 2.05) is 20.0 Å². The molecule has 0 bridgehead atoms. The number of hydrogen-bond donors (Lipinski definition) is 3. The number of aliphatic hydroxyl groups excluding tert-OH is 1. The van der Waals surface area contributed by atoms with Crippen molar-refractivity contribution < 1.29 is 9.50 Å². The zero-order valence-electron chi connectivity index (χ0n) is 14.9. The van der Waals surface area contributed by atoms with Crippen LogP contribution in [0.15, 0.2) is 42.9 Å². The van der Waals surface area contributed by atoms with Crippen LogP contribution in [0, 0.1) is 5.82 Å². The fraction of sp³-hybridized carbons (Fsp3) is 0.278. The van der Waals surface area contributed by atoms with Gasteiger partial charge in [0, 0.05) is 17.8 Å². The molecule has 1 aromatic carbocycles. The van der Waals surface area contributed by atoms with Crippen LogP contribution in [0.1, 0.15) is 31.5 Å². The van der Waals surface area contributed by atoms with Gasteiger partial charge in [-0.15, -0.1) is 0 Å². The van der Waals surface area contributed by atoms with Crippen molar-refractivity contribution in [3.05, 3.63) is 59.3 Å². The minimum Gasteiger partial charge on any atom is -0.394 e. The summed E-state index contributed by atoms with van der Waals surface area (Å²) in [5.74, 6) is 0.164. The van der Waals surface area contributed by atoms with Crippen molar-refractivity contribution in [2.24, 2.45) is 0 Å². The SMILES string of the molecule is CC(C)n1cc(Nc2ncc(Cl)c(NC(CO)c3ccccc3F)n2)cn1. The van der Waals surface area contributed by atoms with Crippen LogP contribution < -0.4 is 10.6 Å². The number of aromatic nitrogens is 4. The van der Waals surface area contributed by atoms with Crippen LogP contribution in [0.2, 0.25) is 5.02 Å². The summed E-state index contributed by atoms with van der Waals surface area (Å²) < 4.78 is 15.8. The lowest BCUT2D eigenvalue weighted by molar-refractivity contribution is 0.273. The second-order valence-corrected chi connectivity index (χ2v) is 6.63. The summed E-state index contributed by atoms with van der Waals surface area (Å²) >= 11 is 6.17. The van der Waals surface area contributed by atoms with Crippen LogP contribution in [-0.4, -0.2) is 31.5 Å². The molecule has 7 nitrogen and oxygen atoms in total. The molecule has 0 aliphatic rings. The molecule has 9 heteroatoms. The van der Waals surface area contributed by atoms with Gasteiger partial charge in [-0.2, -0.15) is 10.1 Å². The Kier molecular flexibility index (Phi) is 5.88. The molecule has 0 saturated heterocycles. The first kappa shape index (κ1) is 19.1. The summed E-state index contributed by atoms with van der Waals surface area (Å²) in [6.45, 7) is 3.72. The van der Waals surface area contributed by atoms with Gasteiger partial charge in [0.05, 0.1) is 30.7 Å². The predicted molar refractivity (Wildman–Crippen MR) is 103 cm³/mol. The van der Waals surface area contributed by atoms with E-state index in [-0.39, 0.29) is 23.5 Å². The molecule has 2 aromatic heterocycles. The van der Waals surface area contributed by atoms with Crippen molar-refractivity contribution >= 4 is 29.1 Å². The van der Waals surface area contributed by atoms with E-state index in [9.17, 15) is 9.50 Å². The molecule has 0 fully saturated rings. The Balaban J connectivity index is 1.81. The number of aliphatic hydroxyl groups is 1. The summed E-state index contributed by atoms with van der Waals surface area (Å²) in [6.07, 6.45) is 4.94. The van der Waals surface area contributed by atoms with E-state index in [0.29, 0.717) is 11.5 Å². The average Bonchev–Trinajstić information content (AvgIpc) is 3.12. The largest absolute Gasteiger partial charge is 0.394 e. The van der Waals surface area contributed by atoms with Gasteiger partial charge in [-0.1, -0.05) is 29.8 Å². The lowest BCUT2D eigenvalue weighted by atomic mass is 10.1. The van der Waals surface area contributed by atoms with E-state index in [4.69, 9.17) is 11.6 Å². The highest BCUT2D eigenvalue weighted by molar-refractivity contribution is 6.32. The number of hydrogen-bond acceptors (Lipinski definition) is 6. The van der Waals surface area contributed by atoms with Crippen LogP contribution in [0.5, 0.6) is 0 Å². The second kappa shape index (κ2) is 8.32. The monoisotopic (exact) mass is 390 g/mol. The first-order valence-corrected chi connectivity index (χ1v) is 8.81. The van der Waals surface area contributed by atoms with E-state index in [1.165, 1.54) is 12.3 Å². The second-order valence-electron chi connectivity index (χ2n) is 6.22. The smallest absolute Gasteiger partial charge is 0.229 e. The first-order valence-electron chi connectivity index (χ1n) is 8.43. The predicted octanol–water partition coefficient (Wildman–Crippen LogP) is 3.94.